The van der Waals surface area contributed by atoms with E-state index in [4.69, 9.17) is 0 Å². The summed E-state index contributed by atoms with van der Waals surface area (Å²) in [5.41, 5.74) is 1.41. The van der Waals surface area contributed by atoms with Gasteiger partial charge in [-0.25, -0.2) is 0 Å². The lowest BCUT2D eigenvalue weighted by Crippen LogP contribution is -2.04. The Morgan fingerprint density at radius 3 is 2.18 bits per heavy atom. The molecule has 1 atom stereocenters. The molecule has 0 saturated heterocycles. The van der Waals surface area contributed by atoms with E-state index >= 15 is 0 Å². The van der Waals surface area contributed by atoms with E-state index in [0.29, 0.717) is 5.92 Å². The Bertz CT molecular complexity index is 136. The van der Waals surface area contributed by atoms with Gasteiger partial charge >= 0.3 is 0 Å². The zero-order valence-corrected chi connectivity index (χ0v) is 8.22. The van der Waals surface area contributed by atoms with Crippen LogP contribution in [-0.2, 0) is 0 Å². The second-order valence-electron chi connectivity index (χ2n) is 3.68. The molecule has 0 aliphatic heterocycles. The molecule has 0 aromatic carbocycles. The van der Waals surface area contributed by atoms with Crippen molar-refractivity contribution < 1.29 is 0 Å². The molecule has 0 radical (unpaired) electrons. The van der Waals surface area contributed by atoms with Gasteiger partial charge in [-0.05, 0) is 32.1 Å². The quantitative estimate of drug-likeness (QED) is 0.537. The molecule has 0 aromatic heterocycles. The van der Waals surface area contributed by atoms with Crippen LogP contribution in [-0.4, -0.2) is 0 Å². The summed E-state index contributed by atoms with van der Waals surface area (Å²) >= 11 is 0. The molecule has 0 fully saturated rings. The standard InChI is InChI=1S/C11H20/c1-6-7-11(10(4)5)8-9(2)3/h6,8,10-11H,1,7H2,2-5H3/t11-/m1/s1. The maximum atomic E-state index is 3.76. The average Bonchev–Trinajstić information content (AvgIpc) is 1.86. The van der Waals surface area contributed by atoms with Gasteiger partial charge in [0.2, 0.25) is 0 Å². The lowest BCUT2D eigenvalue weighted by molar-refractivity contribution is 0.468. The van der Waals surface area contributed by atoms with Crippen molar-refractivity contribution in [1.82, 2.24) is 0 Å². The minimum atomic E-state index is 0.678. The van der Waals surface area contributed by atoms with Crippen LogP contribution in [0.4, 0.5) is 0 Å². The van der Waals surface area contributed by atoms with Crippen LogP contribution < -0.4 is 0 Å². The number of hydrogen-bond acceptors (Lipinski definition) is 0. The molecule has 0 amide bonds. The maximum absolute atomic E-state index is 3.76. The van der Waals surface area contributed by atoms with Gasteiger partial charge < -0.3 is 0 Å². The second-order valence-corrected chi connectivity index (χ2v) is 3.68. The van der Waals surface area contributed by atoms with Crippen molar-refractivity contribution in [2.75, 3.05) is 0 Å². The van der Waals surface area contributed by atoms with Crippen LogP contribution in [0.1, 0.15) is 34.1 Å². The van der Waals surface area contributed by atoms with Gasteiger partial charge in [-0.3, -0.25) is 0 Å². The first-order valence-corrected chi connectivity index (χ1v) is 4.33. The molecule has 64 valence electrons. The SMILES string of the molecule is C=CC[C@H](C=C(C)C)C(C)C. The highest BCUT2D eigenvalue weighted by Gasteiger charge is 2.07. The van der Waals surface area contributed by atoms with Gasteiger partial charge in [-0.2, -0.15) is 0 Å². The van der Waals surface area contributed by atoms with Crippen molar-refractivity contribution in [3.63, 3.8) is 0 Å². The molecule has 0 saturated carbocycles. The van der Waals surface area contributed by atoms with Crippen molar-refractivity contribution in [2.45, 2.75) is 34.1 Å². The molecule has 0 bridgehead atoms. The third-order valence-corrected chi connectivity index (χ3v) is 1.84. The first kappa shape index (κ1) is 10.5. The minimum Gasteiger partial charge on any atom is -0.103 e. The fourth-order valence-electron chi connectivity index (χ4n) is 1.15. The van der Waals surface area contributed by atoms with Gasteiger partial charge in [0.25, 0.3) is 0 Å². The summed E-state index contributed by atoms with van der Waals surface area (Å²) in [4.78, 5) is 0. The Morgan fingerprint density at radius 1 is 1.36 bits per heavy atom. The van der Waals surface area contributed by atoms with Crippen molar-refractivity contribution in [3.8, 4) is 0 Å². The van der Waals surface area contributed by atoms with E-state index in [1.807, 2.05) is 6.08 Å². The summed E-state index contributed by atoms with van der Waals surface area (Å²) in [7, 11) is 0. The van der Waals surface area contributed by atoms with Crippen LogP contribution in [0, 0.1) is 11.8 Å². The van der Waals surface area contributed by atoms with E-state index in [0.717, 1.165) is 12.3 Å². The molecular weight excluding hydrogens is 132 g/mol. The summed E-state index contributed by atoms with van der Waals surface area (Å²) in [6.07, 6.45) is 5.44. The van der Waals surface area contributed by atoms with Gasteiger partial charge in [0.05, 0.1) is 0 Å². The topological polar surface area (TPSA) is 0 Å². The van der Waals surface area contributed by atoms with E-state index in [2.05, 4.69) is 40.3 Å². The van der Waals surface area contributed by atoms with Gasteiger partial charge in [-0.15, -0.1) is 6.58 Å². The summed E-state index contributed by atoms with van der Waals surface area (Å²) in [6, 6.07) is 0. The molecule has 0 aromatic rings. The lowest BCUT2D eigenvalue weighted by atomic mass is 9.91. The molecule has 0 unspecified atom stereocenters. The highest BCUT2D eigenvalue weighted by molar-refractivity contribution is 4.99. The Hall–Kier alpha value is -0.520. The molecule has 0 aliphatic carbocycles. The first-order chi connectivity index (χ1) is 5.07. The molecular formula is C11H20. The maximum Gasteiger partial charge on any atom is -0.0173 e. The van der Waals surface area contributed by atoms with Crippen LogP contribution in [0.5, 0.6) is 0 Å². The van der Waals surface area contributed by atoms with Crippen LogP contribution in [0.15, 0.2) is 24.3 Å². The predicted molar refractivity (Wildman–Crippen MR) is 52.6 cm³/mol. The Kier molecular flexibility index (Phi) is 4.93. The fraction of sp³-hybridized carbons (Fsp3) is 0.636. The Balaban J connectivity index is 4.10. The summed E-state index contributed by atoms with van der Waals surface area (Å²) < 4.78 is 0. The molecule has 0 N–H and O–H groups in total. The van der Waals surface area contributed by atoms with Crippen LogP contribution in [0.3, 0.4) is 0 Å². The fourth-order valence-corrected chi connectivity index (χ4v) is 1.15. The Labute approximate surface area is 71.0 Å². The van der Waals surface area contributed by atoms with Crippen LogP contribution in [0.25, 0.3) is 0 Å². The highest BCUT2D eigenvalue weighted by atomic mass is 14.1. The molecule has 0 aliphatic rings. The molecule has 0 spiro atoms. The molecule has 0 rings (SSSR count). The highest BCUT2D eigenvalue weighted by Crippen LogP contribution is 2.18. The van der Waals surface area contributed by atoms with Gasteiger partial charge in [0.15, 0.2) is 0 Å². The first-order valence-electron chi connectivity index (χ1n) is 4.33. The van der Waals surface area contributed by atoms with Gasteiger partial charge in [0.1, 0.15) is 0 Å². The van der Waals surface area contributed by atoms with Crippen molar-refractivity contribution in [2.24, 2.45) is 11.8 Å². The number of rotatable bonds is 4. The molecule has 0 heteroatoms. The third-order valence-electron chi connectivity index (χ3n) is 1.84. The van der Waals surface area contributed by atoms with Crippen LogP contribution >= 0.6 is 0 Å². The van der Waals surface area contributed by atoms with Crippen molar-refractivity contribution in [3.05, 3.63) is 24.3 Å². The van der Waals surface area contributed by atoms with E-state index in [1.165, 1.54) is 5.57 Å². The normalized spacial score (nSPS) is 12.8. The van der Waals surface area contributed by atoms with Crippen LogP contribution in [0.2, 0.25) is 0 Å². The zero-order chi connectivity index (χ0) is 8.85. The number of hydrogen-bond donors (Lipinski definition) is 0. The molecule has 0 nitrogen and oxygen atoms in total. The summed E-state index contributed by atoms with van der Waals surface area (Å²) in [5.74, 6) is 1.40. The smallest absolute Gasteiger partial charge is 0.0173 e. The largest absolute Gasteiger partial charge is 0.103 e. The predicted octanol–water partition coefficient (Wildman–Crippen LogP) is 3.80. The van der Waals surface area contributed by atoms with E-state index in [1.54, 1.807) is 0 Å². The summed E-state index contributed by atoms with van der Waals surface area (Å²) in [6.45, 7) is 12.6. The van der Waals surface area contributed by atoms with E-state index in [9.17, 15) is 0 Å². The zero-order valence-electron chi connectivity index (χ0n) is 8.22. The van der Waals surface area contributed by atoms with E-state index < -0.39 is 0 Å². The lowest BCUT2D eigenvalue weighted by Gasteiger charge is -2.15. The molecule has 0 heterocycles. The van der Waals surface area contributed by atoms with Crippen molar-refractivity contribution >= 4 is 0 Å². The van der Waals surface area contributed by atoms with Crippen molar-refractivity contribution in [1.29, 1.82) is 0 Å². The number of allylic oxidation sites excluding steroid dienone is 3. The monoisotopic (exact) mass is 152 g/mol. The van der Waals surface area contributed by atoms with Gasteiger partial charge in [-0.1, -0.05) is 31.6 Å². The summed E-state index contributed by atoms with van der Waals surface area (Å²) in [5, 5.41) is 0. The molecule has 11 heavy (non-hydrogen) atoms. The van der Waals surface area contributed by atoms with Gasteiger partial charge in [0, 0.05) is 0 Å². The average molecular weight is 152 g/mol. The Morgan fingerprint density at radius 2 is 1.91 bits per heavy atom. The third kappa shape index (κ3) is 4.83. The second kappa shape index (κ2) is 5.17. The van der Waals surface area contributed by atoms with E-state index in [-0.39, 0.29) is 0 Å². The minimum absolute atomic E-state index is 0.678.